The first-order chi connectivity index (χ1) is 13.8. The average Bonchev–Trinajstić information content (AvgIpc) is 2.70. The van der Waals surface area contributed by atoms with Crippen LogP contribution in [0.25, 0.3) is 0 Å². The minimum atomic E-state index is -3.49. The van der Waals surface area contributed by atoms with Gasteiger partial charge in [0.1, 0.15) is 5.75 Å². The van der Waals surface area contributed by atoms with Crippen LogP contribution in [0.2, 0.25) is 0 Å². The SMILES string of the molecule is Cc1ccc(OCC(=O)Nc2ccc(S(=O)(=O)N3CCC(C)CC3)cc2)cc1C. The quantitative estimate of drug-likeness (QED) is 0.778. The molecule has 1 aliphatic rings. The molecule has 0 saturated carbocycles. The van der Waals surface area contributed by atoms with Gasteiger partial charge in [0, 0.05) is 18.8 Å². The number of benzene rings is 2. The van der Waals surface area contributed by atoms with E-state index < -0.39 is 10.0 Å². The van der Waals surface area contributed by atoms with Crippen LogP contribution in [-0.4, -0.2) is 38.3 Å². The summed E-state index contributed by atoms with van der Waals surface area (Å²) < 4.78 is 32.6. The summed E-state index contributed by atoms with van der Waals surface area (Å²) in [5.74, 6) is 0.898. The second-order valence-corrected chi connectivity index (χ2v) is 9.63. The highest BCUT2D eigenvalue weighted by atomic mass is 32.2. The molecule has 1 saturated heterocycles. The van der Waals surface area contributed by atoms with Crippen LogP contribution in [0.4, 0.5) is 5.69 Å². The molecule has 1 amide bonds. The molecular formula is C22H28N2O4S. The molecule has 29 heavy (non-hydrogen) atoms. The summed E-state index contributed by atoms with van der Waals surface area (Å²) in [7, 11) is -3.49. The van der Waals surface area contributed by atoms with E-state index >= 15 is 0 Å². The van der Waals surface area contributed by atoms with Crippen molar-refractivity contribution in [1.29, 1.82) is 0 Å². The normalized spacial score (nSPS) is 15.8. The molecule has 1 aliphatic heterocycles. The molecular weight excluding hydrogens is 388 g/mol. The van der Waals surface area contributed by atoms with Crippen molar-refractivity contribution >= 4 is 21.6 Å². The lowest BCUT2D eigenvalue weighted by Crippen LogP contribution is -2.37. The van der Waals surface area contributed by atoms with E-state index in [2.05, 4.69) is 12.2 Å². The Hall–Kier alpha value is -2.38. The van der Waals surface area contributed by atoms with Crippen molar-refractivity contribution < 1.29 is 17.9 Å². The molecule has 1 N–H and O–H groups in total. The zero-order valence-corrected chi connectivity index (χ0v) is 18.0. The molecule has 2 aromatic rings. The predicted molar refractivity (Wildman–Crippen MR) is 114 cm³/mol. The van der Waals surface area contributed by atoms with Gasteiger partial charge < -0.3 is 10.1 Å². The van der Waals surface area contributed by atoms with Crippen LogP contribution >= 0.6 is 0 Å². The first-order valence-corrected chi connectivity index (χ1v) is 11.3. The minimum Gasteiger partial charge on any atom is -0.484 e. The third-order valence-electron chi connectivity index (χ3n) is 5.37. The van der Waals surface area contributed by atoms with Gasteiger partial charge in [-0.25, -0.2) is 8.42 Å². The van der Waals surface area contributed by atoms with Crippen molar-refractivity contribution in [3.63, 3.8) is 0 Å². The van der Waals surface area contributed by atoms with Gasteiger partial charge in [-0.3, -0.25) is 4.79 Å². The van der Waals surface area contributed by atoms with Crippen molar-refractivity contribution in [2.24, 2.45) is 5.92 Å². The Kier molecular flexibility index (Phi) is 6.59. The summed E-state index contributed by atoms with van der Waals surface area (Å²) in [5.41, 5.74) is 2.80. The number of hydrogen-bond donors (Lipinski definition) is 1. The highest BCUT2D eigenvalue weighted by Crippen LogP contribution is 2.24. The van der Waals surface area contributed by atoms with Gasteiger partial charge in [-0.2, -0.15) is 4.31 Å². The fraction of sp³-hybridized carbons (Fsp3) is 0.409. The number of carbonyl (C=O) groups excluding carboxylic acids is 1. The number of nitrogens with one attached hydrogen (secondary N) is 1. The van der Waals surface area contributed by atoms with Crippen LogP contribution in [0.3, 0.4) is 0 Å². The summed E-state index contributed by atoms with van der Waals surface area (Å²) in [6.45, 7) is 7.14. The largest absolute Gasteiger partial charge is 0.484 e. The molecule has 7 heteroatoms. The lowest BCUT2D eigenvalue weighted by molar-refractivity contribution is -0.118. The molecule has 0 atom stereocenters. The Morgan fingerprint density at radius 3 is 2.34 bits per heavy atom. The van der Waals surface area contributed by atoms with Crippen LogP contribution in [-0.2, 0) is 14.8 Å². The molecule has 0 aliphatic carbocycles. The van der Waals surface area contributed by atoms with E-state index in [0.717, 1.165) is 24.0 Å². The number of sulfonamides is 1. The van der Waals surface area contributed by atoms with Gasteiger partial charge in [0.25, 0.3) is 5.91 Å². The first-order valence-electron chi connectivity index (χ1n) is 9.86. The summed E-state index contributed by atoms with van der Waals surface area (Å²) >= 11 is 0. The van der Waals surface area contributed by atoms with Gasteiger partial charge in [0.15, 0.2) is 6.61 Å². The number of anilines is 1. The van der Waals surface area contributed by atoms with Crippen LogP contribution in [0.1, 0.15) is 30.9 Å². The maximum absolute atomic E-state index is 12.8. The van der Waals surface area contributed by atoms with Gasteiger partial charge in [-0.1, -0.05) is 13.0 Å². The fourth-order valence-corrected chi connectivity index (χ4v) is 4.70. The first kappa shape index (κ1) is 21.3. The third-order valence-corrected chi connectivity index (χ3v) is 7.28. The summed E-state index contributed by atoms with van der Waals surface area (Å²) in [6.07, 6.45) is 1.77. The lowest BCUT2D eigenvalue weighted by atomic mass is 10.0. The van der Waals surface area contributed by atoms with Crippen LogP contribution in [0, 0.1) is 19.8 Å². The second kappa shape index (κ2) is 8.97. The number of rotatable bonds is 6. The molecule has 6 nitrogen and oxygen atoms in total. The molecule has 0 bridgehead atoms. The van der Waals surface area contributed by atoms with E-state index in [1.807, 2.05) is 32.0 Å². The smallest absolute Gasteiger partial charge is 0.262 e. The zero-order valence-electron chi connectivity index (χ0n) is 17.1. The number of amides is 1. The molecule has 3 rings (SSSR count). The standard InChI is InChI=1S/C22H28N2O4S/c1-16-10-12-24(13-11-16)29(26,27)21-8-5-19(6-9-21)23-22(25)15-28-20-7-4-17(2)18(3)14-20/h4-9,14,16H,10-13,15H2,1-3H3,(H,23,25). The van der Waals surface area contributed by atoms with E-state index in [1.165, 1.54) is 16.4 Å². The second-order valence-electron chi connectivity index (χ2n) is 7.69. The van der Waals surface area contributed by atoms with Crippen LogP contribution < -0.4 is 10.1 Å². The summed E-state index contributed by atoms with van der Waals surface area (Å²) in [5, 5.41) is 2.73. The number of carbonyl (C=O) groups is 1. The Balaban J connectivity index is 1.57. The van der Waals surface area contributed by atoms with Gasteiger partial charge in [-0.05, 0) is 80.1 Å². The van der Waals surface area contributed by atoms with Crippen molar-refractivity contribution in [3.8, 4) is 5.75 Å². The lowest BCUT2D eigenvalue weighted by Gasteiger charge is -2.29. The monoisotopic (exact) mass is 416 g/mol. The summed E-state index contributed by atoms with van der Waals surface area (Å²) in [6, 6.07) is 12.0. The van der Waals surface area contributed by atoms with Crippen molar-refractivity contribution in [2.75, 3.05) is 25.0 Å². The number of piperidine rings is 1. The molecule has 0 unspecified atom stereocenters. The number of hydrogen-bond acceptors (Lipinski definition) is 4. The van der Waals surface area contributed by atoms with E-state index in [-0.39, 0.29) is 17.4 Å². The molecule has 156 valence electrons. The average molecular weight is 417 g/mol. The molecule has 0 spiro atoms. The number of aryl methyl sites for hydroxylation is 2. The minimum absolute atomic E-state index is 0.117. The maximum atomic E-state index is 12.8. The van der Waals surface area contributed by atoms with Gasteiger partial charge in [0.2, 0.25) is 10.0 Å². The highest BCUT2D eigenvalue weighted by Gasteiger charge is 2.27. The fourth-order valence-electron chi connectivity index (χ4n) is 3.23. The maximum Gasteiger partial charge on any atom is 0.262 e. The Morgan fingerprint density at radius 2 is 1.72 bits per heavy atom. The topological polar surface area (TPSA) is 75.7 Å². The molecule has 0 radical (unpaired) electrons. The van der Waals surface area contributed by atoms with Crippen LogP contribution in [0.5, 0.6) is 5.75 Å². The van der Waals surface area contributed by atoms with Crippen molar-refractivity contribution in [2.45, 2.75) is 38.5 Å². The number of nitrogens with zero attached hydrogens (tertiary/aromatic N) is 1. The van der Waals surface area contributed by atoms with E-state index in [4.69, 9.17) is 4.74 Å². The van der Waals surface area contributed by atoms with Gasteiger partial charge in [0.05, 0.1) is 4.90 Å². The van der Waals surface area contributed by atoms with Crippen molar-refractivity contribution in [3.05, 3.63) is 53.6 Å². The Morgan fingerprint density at radius 1 is 1.07 bits per heavy atom. The van der Waals surface area contributed by atoms with Crippen LogP contribution in [0.15, 0.2) is 47.4 Å². The predicted octanol–water partition coefficient (Wildman–Crippen LogP) is 3.74. The highest BCUT2D eigenvalue weighted by molar-refractivity contribution is 7.89. The van der Waals surface area contributed by atoms with E-state index in [9.17, 15) is 13.2 Å². The molecule has 0 aromatic heterocycles. The third kappa shape index (κ3) is 5.36. The van der Waals surface area contributed by atoms with E-state index in [1.54, 1.807) is 12.1 Å². The molecule has 1 fully saturated rings. The van der Waals surface area contributed by atoms with Gasteiger partial charge >= 0.3 is 0 Å². The Bertz CT molecular complexity index is 963. The zero-order chi connectivity index (χ0) is 21.0. The van der Waals surface area contributed by atoms with E-state index in [0.29, 0.717) is 30.4 Å². The van der Waals surface area contributed by atoms with Crippen molar-refractivity contribution in [1.82, 2.24) is 4.31 Å². The molecule has 1 heterocycles. The summed E-state index contributed by atoms with van der Waals surface area (Å²) in [4.78, 5) is 12.4. The van der Waals surface area contributed by atoms with Gasteiger partial charge in [-0.15, -0.1) is 0 Å². The molecule has 2 aromatic carbocycles. The Labute approximate surface area is 172 Å². The number of ether oxygens (including phenoxy) is 1.